The normalized spacial score (nSPS) is 23.0. The molecule has 0 saturated carbocycles. The van der Waals surface area contributed by atoms with Crippen molar-refractivity contribution in [2.75, 3.05) is 13.2 Å². The van der Waals surface area contributed by atoms with Gasteiger partial charge in [0, 0.05) is 18.9 Å². The van der Waals surface area contributed by atoms with E-state index in [0.717, 1.165) is 19.4 Å². The summed E-state index contributed by atoms with van der Waals surface area (Å²) in [7, 11) is 0. The Labute approximate surface area is 131 Å². The monoisotopic (exact) mass is 315 g/mol. The fraction of sp³-hybridized carbons (Fsp3) is 0.786. The van der Waals surface area contributed by atoms with E-state index < -0.39 is 0 Å². The molecule has 1 saturated heterocycles. The standard InChI is InChI=1S/C14H25N3O3S/c1-3-4-5-6-19-9-12-8-11(7-10(2)18)13(20-12)16-17-14(15)21/h11-12H,3-9H2,1-2H3,(H3,15,17,21). The molecule has 120 valence electrons. The first-order chi connectivity index (χ1) is 10.0. The van der Waals surface area contributed by atoms with Gasteiger partial charge in [-0.05, 0) is 32.0 Å². The maximum absolute atomic E-state index is 11.3. The summed E-state index contributed by atoms with van der Waals surface area (Å²) < 4.78 is 11.3. The molecule has 1 fully saturated rings. The number of nitrogens with zero attached hydrogens (tertiary/aromatic N) is 1. The smallest absolute Gasteiger partial charge is 0.210 e. The van der Waals surface area contributed by atoms with E-state index in [4.69, 9.17) is 27.4 Å². The van der Waals surface area contributed by atoms with Crippen LogP contribution in [0.1, 0.15) is 46.0 Å². The van der Waals surface area contributed by atoms with Gasteiger partial charge in [0.2, 0.25) is 5.90 Å². The van der Waals surface area contributed by atoms with Gasteiger partial charge < -0.3 is 20.0 Å². The third-order valence-corrected chi connectivity index (χ3v) is 3.28. The Hall–Kier alpha value is -1.21. The number of ether oxygens (including phenoxy) is 2. The van der Waals surface area contributed by atoms with Crippen LogP contribution in [0.15, 0.2) is 5.10 Å². The number of rotatable bonds is 9. The van der Waals surface area contributed by atoms with Crippen molar-refractivity contribution in [3.63, 3.8) is 0 Å². The van der Waals surface area contributed by atoms with Crippen molar-refractivity contribution in [1.82, 2.24) is 5.43 Å². The van der Waals surface area contributed by atoms with Crippen LogP contribution in [0.4, 0.5) is 0 Å². The number of Topliss-reactive ketones (excluding diaryl/α,β-unsaturated/α-hetero) is 1. The van der Waals surface area contributed by atoms with Gasteiger partial charge in [0.1, 0.15) is 11.9 Å². The minimum Gasteiger partial charge on any atom is -0.474 e. The summed E-state index contributed by atoms with van der Waals surface area (Å²) in [4.78, 5) is 11.3. The molecular formula is C14H25N3O3S. The van der Waals surface area contributed by atoms with Crippen LogP contribution in [0.25, 0.3) is 0 Å². The van der Waals surface area contributed by atoms with E-state index >= 15 is 0 Å². The predicted molar refractivity (Wildman–Crippen MR) is 86.0 cm³/mol. The molecule has 0 aliphatic carbocycles. The lowest BCUT2D eigenvalue weighted by molar-refractivity contribution is -0.117. The van der Waals surface area contributed by atoms with Crippen LogP contribution >= 0.6 is 12.2 Å². The van der Waals surface area contributed by atoms with Gasteiger partial charge in [-0.1, -0.05) is 19.8 Å². The van der Waals surface area contributed by atoms with E-state index in [-0.39, 0.29) is 22.9 Å². The predicted octanol–water partition coefficient (Wildman–Crippen LogP) is 1.72. The number of carbonyl (C=O) groups is 1. The molecule has 3 N–H and O–H groups in total. The molecule has 0 aromatic rings. The number of hydrogen-bond donors (Lipinski definition) is 2. The van der Waals surface area contributed by atoms with Crippen LogP contribution in [-0.2, 0) is 14.3 Å². The maximum atomic E-state index is 11.3. The molecule has 2 unspecified atom stereocenters. The van der Waals surface area contributed by atoms with Crippen LogP contribution in [0.3, 0.4) is 0 Å². The molecule has 6 nitrogen and oxygen atoms in total. The van der Waals surface area contributed by atoms with Gasteiger partial charge in [-0.15, -0.1) is 5.10 Å². The first-order valence-electron chi connectivity index (χ1n) is 7.39. The molecular weight excluding hydrogens is 290 g/mol. The molecule has 0 bridgehead atoms. The van der Waals surface area contributed by atoms with E-state index in [2.05, 4.69) is 17.5 Å². The SMILES string of the molecule is CCCCCOCC1CC(CC(C)=O)C(=NNC(N)=S)O1. The molecule has 7 heteroatoms. The Morgan fingerprint density at radius 1 is 1.57 bits per heavy atom. The lowest BCUT2D eigenvalue weighted by Crippen LogP contribution is -2.27. The van der Waals surface area contributed by atoms with E-state index in [1.807, 2.05) is 0 Å². The van der Waals surface area contributed by atoms with Crippen molar-refractivity contribution in [3.8, 4) is 0 Å². The Morgan fingerprint density at radius 2 is 2.33 bits per heavy atom. The highest BCUT2D eigenvalue weighted by Crippen LogP contribution is 2.25. The molecule has 0 aromatic heterocycles. The third kappa shape index (κ3) is 7.38. The summed E-state index contributed by atoms with van der Waals surface area (Å²) in [5.74, 6) is 0.560. The average molecular weight is 315 g/mol. The van der Waals surface area contributed by atoms with Gasteiger partial charge in [0.25, 0.3) is 0 Å². The number of thiocarbonyl (C=S) groups is 1. The van der Waals surface area contributed by atoms with Gasteiger partial charge in [0.05, 0.1) is 6.61 Å². The highest BCUT2D eigenvalue weighted by atomic mass is 32.1. The van der Waals surface area contributed by atoms with Crippen molar-refractivity contribution in [3.05, 3.63) is 0 Å². The zero-order valence-corrected chi connectivity index (χ0v) is 13.6. The topological polar surface area (TPSA) is 85.9 Å². The van der Waals surface area contributed by atoms with Crippen LogP contribution < -0.4 is 11.2 Å². The molecule has 0 radical (unpaired) electrons. The van der Waals surface area contributed by atoms with Crippen LogP contribution in [0.2, 0.25) is 0 Å². The Morgan fingerprint density at radius 3 is 2.95 bits per heavy atom. The fourth-order valence-electron chi connectivity index (χ4n) is 2.25. The number of nitrogens with two attached hydrogens (primary N) is 1. The lowest BCUT2D eigenvalue weighted by atomic mass is 9.99. The van der Waals surface area contributed by atoms with Gasteiger partial charge in [-0.3, -0.25) is 5.43 Å². The van der Waals surface area contributed by atoms with Crippen molar-refractivity contribution in [2.24, 2.45) is 16.8 Å². The van der Waals surface area contributed by atoms with Gasteiger partial charge in [-0.25, -0.2) is 0 Å². The fourth-order valence-corrected chi connectivity index (χ4v) is 2.30. The van der Waals surface area contributed by atoms with Crippen LogP contribution in [-0.4, -0.2) is 36.1 Å². The first kappa shape index (κ1) is 17.8. The number of hydrazone groups is 1. The zero-order chi connectivity index (χ0) is 15.7. The van der Waals surface area contributed by atoms with Crippen molar-refractivity contribution < 1.29 is 14.3 Å². The van der Waals surface area contributed by atoms with E-state index in [1.54, 1.807) is 6.92 Å². The second-order valence-corrected chi connectivity index (χ2v) is 5.73. The Kier molecular flexibility index (Phi) is 8.22. The molecule has 1 rings (SSSR count). The van der Waals surface area contributed by atoms with E-state index in [0.29, 0.717) is 18.9 Å². The summed E-state index contributed by atoms with van der Waals surface area (Å²) in [6, 6.07) is 0. The van der Waals surface area contributed by atoms with Crippen LogP contribution in [0.5, 0.6) is 0 Å². The highest BCUT2D eigenvalue weighted by molar-refractivity contribution is 7.80. The molecule has 2 atom stereocenters. The summed E-state index contributed by atoms with van der Waals surface area (Å²) >= 11 is 4.71. The second kappa shape index (κ2) is 9.68. The molecule has 1 aliphatic heterocycles. The minimum atomic E-state index is -0.0668. The quantitative estimate of drug-likeness (QED) is 0.383. The number of hydrogen-bond acceptors (Lipinski definition) is 5. The van der Waals surface area contributed by atoms with E-state index in [1.165, 1.54) is 12.8 Å². The highest BCUT2D eigenvalue weighted by Gasteiger charge is 2.33. The molecule has 1 heterocycles. The Balaban J connectivity index is 2.44. The zero-order valence-electron chi connectivity index (χ0n) is 12.8. The summed E-state index contributed by atoms with van der Waals surface area (Å²) in [6.45, 7) is 4.98. The second-order valence-electron chi connectivity index (χ2n) is 5.29. The van der Waals surface area contributed by atoms with Gasteiger partial charge in [-0.2, -0.15) is 0 Å². The maximum Gasteiger partial charge on any atom is 0.210 e. The molecule has 1 aliphatic rings. The van der Waals surface area contributed by atoms with Crippen molar-refractivity contribution in [2.45, 2.75) is 52.1 Å². The number of nitrogens with one attached hydrogen (secondary N) is 1. The Bertz CT molecular complexity index is 388. The molecule has 0 spiro atoms. The van der Waals surface area contributed by atoms with Gasteiger partial charge >= 0.3 is 0 Å². The number of unbranched alkanes of at least 4 members (excludes halogenated alkanes) is 2. The molecule has 21 heavy (non-hydrogen) atoms. The first-order valence-corrected chi connectivity index (χ1v) is 7.80. The number of carbonyl (C=O) groups excluding carboxylic acids is 1. The lowest BCUT2D eigenvalue weighted by Gasteiger charge is -2.10. The molecule has 0 aromatic carbocycles. The molecule has 0 amide bonds. The van der Waals surface area contributed by atoms with Crippen molar-refractivity contribution in [1.29, 1.82) is 0 Å². The van der Waals surface area contributed by atoms with Crippen LogP contribution in [0, 0.1) is 5.92 Å². The average Bonchev–Trinajstić information content (AvgIpc) is 2.77. The third-order valence-electron chi connectivity index (χ3n) is 3.19. The van der Waals surface area contributed by atoms with Crippen molar-refractivity contribution >= 4 is 29.0 Å². The summed E-state index contributed by atoms with van der Waals surface area (Å²) in [5.41, 5.74) is 7.86. The largest absolute Gasteiger partial charge is 0.474 e. The van der Waals surface area contributed by atoms with E-state index in [9.17, 15) is 4.79 Å². The minimum absolute atomic E-state index is 0.0337. The number of ketones is 1. The van der Waals surface area contributed by atoms with Gasteiger partial charge in [0.15, 0.2) is 5.11 Å². The summed E-state index contributed by atoms with van der Waals surface area (Å²) in [6.07, 6.45) is 4.47. The summed E-state index contributed by atoms with van der Waals surface area (Å²) in [5, 5.41) is 4.11.